The number of carbonyl (C=O) groups excluding carboxylic acids is 1. The van der Waals surface area contributed by atoms with Gasteiger partial charge in [-0.05, 0) is 19.8 Å². The van der Waals surface area contributed by atoms with Crippen molar-refractivity contribution in [1.82, 2.24) is 0 Å². The Labute approximate surface area is 77.3 Å². The van der Waals surface area contributed by atoms with Crippen molar-refractivity contribution in [3.63, 3.8) is 0 Å². The Morgan fingerprint density at radius 1 is 1.69 bits per heavy atom. The second kappa shape index (κ2) is 3.46. The Morgan fingerprint density at radius 2 is 2.31 bits per heavy atom. The van der Waals surface area contributed by atoms with Gasteiger partial charge in [0.25, 0.3) is 0 Å². The lowest BCUT2D eigenvalue weighted by Gasteiger charge is -2.34. The van der Waals surface area contributed by atoms with E-state index >= 15 is 0 Å². The number of carbonyl (C=O) groups is 1. The molecular formula is C9H15NO3. The largest absolute Gasteiger partial charge is 0.411 e. The smallest absolute Gasteiger partial charge is 0.147 e. The fraction of sp³-hybridized carbons (Fsp3) is 0.778. The molecule has 13 heavy (non-hydrogen) atoms. The summed E-state index contributed by atoms with van der Waals surface area (Å²) >= 11 is 0. The lowest BCUT2D eigenvalue weighted by molar-refractivity contribution is -0.134. The third-order valence-corrected chi connectivity index (χ3v) is 2.64. The summed E-state index contributed by atoms with van der Waals surface area (Å²) in [6.07, 6.45) is 1.60. The number of aliphatic hydroxyl groups excluding tert-OH is 1. The molecule has 4 nitrogen and oxygen atoms in total. The van der Waals surface area contributed by atoms with Gasteiger partial charge in [0, 0.05) is 5.92 Å². The van der Waals surface area contributed by atoms with E-state index < -0.39 is 11.5 Å². The third kappa shape index (κ3) is 1.88. The number of ketones is 1. The molecule has 1 aliphatic carbocycles. The summed E-state index contributed by atoms with van der Waals surface area (Å²) in [5, 5.41) is 20.8. The van der Waals surface area contributed by atoms with Crippen LogP contribution in [-0.2, 0) is 4.79 Å². The quantitative estimate of drug-likeness (QED) is 0.361. The van der Waals surface area contributed by atoms with Gasteiger partial charge in [-0.25, -0.2) is 0 Å². The number of rotatable bonds is 1. The molecule has 0 saturated heterocycles. The molecule has 1 aliphatic rings. The van der Waals surface area contributed by atoms with Crippen molar-refractivity contribution in [2.75, 3.05) is 0 Å². The second-order valence-electron chi connectivity index (χ2n) is 4.02. The van der Waals surface area contributed by atoms with E-state index in [2.05, 4.69) is 5.16 Å². The minimum absolute atomic E-state index is 0.0376. The highest BCUT2D eigenvalue weighted by Gasteiger charge is 2.41. The van der Waals surface area contributed by atoms with E-state index in [-0.39, 0.29) is 11.7 Å². The Kier molecular flexibility index (Phi) is 2.71. The van der Waals surface area contributed by atoms with Crippen molar-refractivity contribution < 1.29 is 15.1 Å². The molecule has 1 saturated carbocycles. The highest BCUT2D eigenvalue weighted by Crippen LogP contribution is 2.34. The van der Waals surface area contributed by atoms with E-state index in [4.69, 9.17) is 5.21 Å². The molecule has 1 rings (SSSR count). The number of aliphatic hydroxyl groups is 1. The predicted molar refractivity (Wildman–Crippen MR) is 47.8 cm³/mol. The Bertz CT molecular complexity index is 239. The molecular weight excluding hydrogens is 170 g/mol. The van der Waals surface area contributed by atoms with Crippen LogP contribution in [0.3, 0.4) is 0 Å². The van der Waals surface area contributed by atoms with E-state index in [1.165, 1.54) is 6.21 Å². The summed E-state index contributed by atoms with van der Waals surface area (Å²) in [5.41, 5.74) is -0.800. The molecule has 3 atom stereocenters. The zero-order valence-corrected chi connectivity index (χ0v) is 7.90. The minimum atomic E-state index is -0.800. The molecule has 0 bridgehead atoms. The fourth-order valence-corrected chi connectivity index (χ4v) is 2.00. The number of hydrogen-bond acceptors (Lipinski definition) is 4. The highest BCUT2D eigenvalue weighted by molar-refractivity contribution is 6.00. The number of nitrogens with zero attached hydrogens (tertiary/aromatic N) is 1. The van der Waals surface area contributed by atoms with Crippen LogP contribution in [0.1, 0.15) is 26.7 Å². The maximum absolute atomic E-state index is 11.7. The van der Waals surface area contributed by atoms with Crippen LogP contribution < -0.4 is 0 Å². The van der Waals surface area contributed by atoms with E-state index in [1.54, 1.807) is 13.8 Å². The van der Waals surface area contributed by atoms with Gasteiger partial charge in [-0.2, -0.15) is 0 Å². The van der Waals surface area contributed by atoms with E-state index in [9.17, 15) is 9.90 Å². The van der Waals surface area contributed by atoms with E-state index in [0.29, 0.717) is 12.8 Å². The first-order chi connectivity index (χ1) is 5.99. The molecule has 0 aromatic rings. The lowest BCUT2D eigenvalue weighted by atomic mass is 9.70. The molecule has 0 heterocycles. The molecule has 0 amide bonds. The molecule has 4 heteroatoms. The summed E-state index contributed by atoms with van der Waals surface area (Å²) in [4.78, 5) is 11.7. The molecule has 2 N–H and O–H groups in total. The SMILES string of the molecule is CC1CC(O)CC(C)(/C=N/O)C1=O. The summed E-state index contributed by atoms with van der Waals surface area (Å²) in [5.74, 6) is -0.123. The van der Waals surface area contributed by atoms with Gasteiger partial charge in [-0.1, -0.05) is 6.92 Å². The molecule has 0 spiro atoms. The van der Waals surface area contributed by atoms with E-state index in [1.807, 2.05) is 0 Å². The van der Waals surface area contributed by atoms with Crippen LogP contribution in [0.2, 0.25) is 0 Å². The van der Waals surface area contributed by atoms with Gasteiger partial charge in [-0.3, -0.25) is 4.79 Å². The topological polar surface area (TPSA) is 69.9 Å². The average Bonchev–Trinajstić information content (AvgIpc) is 2.00. The van der Waals surface area contributed by atoms with Crippen molar-refractivity contribution in [2.24, 2.45) is 16.5 Å². The van der Waals surface area contributed by atoms with Gasteiger partial charge in [0.2, 0.25) is 0 Å². The number of hydrogen-bond donors (Lipinski definition) is 2. The predicted octanol–water partition coefficient (Wildman–Crippen LogP) is 0.813. The van der Waals surface area contributed by atoms with Gasteiger partial charge < -0.3 is 10.3 Å². The summed E-state index contributed by atoms with van der Waals surface area (Å²) in [6.45, 7) is 3.47. The fourth-order valence-electron chi connectivity index (χ4n) is 2.00. The standard InChI is InChI=1S/C9H15NO3/c1-6-3-7(11)4-9(2,5-10-13)8(6)12/h5-7,11,13H,3-4H2,1-2H3/b10-5+. The van der Waals surface area contributed by atoms with Gasteiger partial charge in [0.15, 0.2) is 0 Å². The molecule has 0 radical (unpaired) electrons. The van der Waals surface area contributed by atoms with Crippen LogP contribution in [0.15, 0.2) is 5.16 Å². The van der Waals surface area contributed by atoms with Gasteiger partial charge in [-0.15, -0.1) is 5.16 Å². The number of oxime groups is 1. The van der Waals surface area contributed by atoms with Crippen molar-refractivity contribution >= 4 is 12.0 Å². The first kappa shape index (κ1) is 10.2. The van der Waals surface area contributed by atoms with Crippen molar-refractivity contribution in [3.05, 3.63) is 0 Å². The summed E-state index contributed by atoms with van der Waals surface area (Å²) in [6, 6.07) is 0. The van der Waals surface area contributed by atoms with E-state index in [0.717, 1.165) is 0 Å². The lowest BCUT2D eigenvalue weighted by Crippen LogP contribution is -2.43. The molecule has 3 unspecified atom stereocenters. The summed E-state index contributed by atoms with van der Waals surface area (Å²) in [7, 11) is 0. The maximum atomic E-state index is 11.7. The van der Waals surface area contributed by atoms with Gasteiger partial charge in [0.1, 0.15) is 5.78 Å². The van der Waals surface area contributed by atoms with Crippen LogP contribution in [0.5, 0.6) is 0 Å². The average molecular weight is 185 g/mol. The molecule has 0 aromatic heterocycles. The van der Waals surface area contributed by atoms with Crippen LogP contribution in [-0.4, -0.2) is 28.4 Å². The molecule has 0 aliphatic heterocycles. The normalized spacial score (nSPS) is 41.3. The summed E-state index contributed by atoms with van der Waals surface area (Å²) < 4.78 is 0. The zero-order valence-electron chi connectivity index (χ0n) is 7.90. The van der Waals surface area contributed by atoms with Gasteiger partial charge in [0.05, 0.1) is 17.7 Å². The minimum Gasteiger partial charge on any atom is -0.411 e. The van der Waals surface area contributed by atoms with Crippen LogP contribution >= 0.6 is 0 Å². The van der Waals surface area contributed by atoms with Gasteiger partial charge >= 0.3 is 0 Å². The van der Waals surface area contributed by atoms with Crippen LogP contribution in [0.4, 0.5) is 0 Å². The Morgan fingerprint density at radius 3 is 2.85 bits per heavy atom. The molecule has 74 valence electrons. The molecule has 1 fully saturated rings. The van der Waals surface area contributed by atoms with Crippen LogP contribution in [0.25, 0.3) is 0 Å². The first-order valence-electron chi connectivity index (χ1n) is 4.40. The van der Waals surface area contributed by atoms with Crippen molar-refractivity contribution in [1.29, 1.82) is 0 Å². The monoisotopic (exact) mass is 185 g/mol. The Hall–Kier alpha value is -0.900. The third-order valence-electron chi connectivity index (χ3n) is 2.64. The number of Topliss-reactive ketones (excluding diaryl/α,β-unsaturated/α-hetero) is 1. The zero-order chi connectivity index (χ0) is 10.1. The van der Waals surface area contributed by atoms with Crippen molar-refractivity contribution in [2.45, 2.75) is 32.8 Å². The van der Waals surface area contributed by atoms with Crippen molar-refractivity contribution in [3.8, 4) is 0 Å². The first-order valence-corrected chi connectivity index (χ1v) is 4.40. The van der Waals surface area contributed by atoms with Crippen LogP contribution in [0, 0.1) is 11.3 Å². The molecule has 0 aromatic carbocycles. The Balaban J connectivity index is 2.88. The second-order valence-corrected chi connectivity index (χ2v) is 4.02. The maximum Gasteiger partial charge on any atom is 0.147 e. The highest BCUT2D eigenvalue weighted by atomic mass is 16.4.